The number of rotatable bonds is 6. The Kier molecular flexibility index (Phi) is 5.54. The number of oxime groups is 1. The summed E-state index contributed by atoms with van der Waals surface area (Å²) >= 11 is 4.84. The van der Waals surface area contributed by atoms with Crippen molar-refractivity contribution in [3.05, 3.63) is 0 Å². The molecule has 17 heavy (non-hydrogen) atoms. The average Bonchev–Trinajstić information content (AvgIpc) is 2.75. The summed E-state index contributed by atoms with van der Waals surface area (Å²) < 4.78 is 1.94. The quantitative estimate of drug-likeness (QED) is 0.275. The second kappa shape index (κ2) is 6.46. The Morgan fingerprint density at radius 3 is 2.65 bits per heavy atom. The van der Waals surface area contributed by atoms with Crippen LogP contribution < -0.4 is 5.73 Å². The molecule has 0 amide bonds. The maximum Gasteiger partial charge on any atom is 0.175 e. The van der Waals surface area contributed by atoms with E-state index in [1.807, 2.05) is 20.1 Å². The minimum absolute atomic E-state index is 0.264. The summed E-state index contributed by atoms with van der Waals surface area (Å²) in [7, 11) is 0. The largest absolute Gasteiger partial charge is 0.409 e. The highest BCUT2D eigenvalue weighted by molar-refractivity contribution is 8.02. The van der Waals surface area contributed by atoms with Crippen molar-refractivity contribution < 1.29 is 5.21 Å². The molecule has 3 N–H and O–H groups in total. The Hall–Kier alpha value is -0.470. The molecular formula is C9H16N4OS3. The van der Waals surface area contributed by atoms with Crippen LogP contribution in [0.25, 0.3) is 0 Å². The fourth-order valence-corrected chi connectivity index (χ4v) is 3.77. The van der Waals surface area contributed by atoms with E-state index in [0.29, 0.717) is 0 Å². The summed E-state index contributed by atoms with van der Waals surface area (Å²) in [5, 5.41) is 19.8. The van der Waals surface area contributed by atoms with Crippen molar-refractivity contribution in [1.29, 1.82) is 0 Å². The first-order chi connectivity index (χ1) is 7.99. The molecule has 0 aliphatic heterocycles. The van der Waals surface area contributed by atoms with E-state index in [2.05, 4.69) is 15.4 Å². The summed E-state index contributed by atoms with van der Waals surface area (Å²) in [5.74, 6) is 1.13. The Morgan fingerprint density at radius 1 is 1.47 bits per heavy atom. The Morgan fingerprint density at radius 2 is 2.12 bits per heavy atom. The minimum atomic E-state index is -0.297. The van der Waals surface area contributed by atoms with Crippen molar-refractivity contribution in [1.82, 2.24) is 10.2 Å². The van der Waals surface area contributed by atoms with Gasteiger partial charge in [0, 0.05) is 11.2 Å². The van der Waals surface area contributed by atoms with Gasteiger partial charge in [0.1, 0.15) is 5.84 Å². The molecule has 0 saturated carbocycles. The number of aromatic nitrogens is 2. The molecule has 1 aromatic rings. The fraction of sp³-hybridized carbons (Fsp3) is 0.667. The van der Waals surface area contributed by atoms with Crippen LogP contribution in [0.4, 0.5) is 0 Å². The molecule has 0 radical (unpaired) electrons. The monoisotopic (exact) mass is 292 g/mol. The van der Waals surface area contributed by atoms with Gasteiger partial charge in [0.05, 0.1) is 0 Å². The van der Waals surface area contributed by atoms with Gasteiger partial charge in [0.15, 0.2) is 8.68 Å². The van der Waals surface area contributed by atoms with Gasteiger partial charge < -0.3 is 10.9 Å². The third-order valence-electron chi connectivity index (χ3n) is 2.32. The summed E-state index contributed by atoms with van der Waals surface area (Å²) in [6, 6.07) is 0. The molecule has 96 valence electrons. The molecule has 0 aromatic carbocycles. The van der Waals surface area contributed by atoms with Crippen LogP contribution in [0.15, 0.2) is 13.8 Å². The van der Waals surface area contributed by atoms with Crippen LogP contribution in [0.1, 0.15) is 20.3 Å². The Bertz CT molecular complexity index is 391. The highest BCUT2D eigenvalue weighted by Crippen LogP contribution is 2.30. The second-order valence-electron chi connectivity index (χ2n) is 4.01. The van der Waals surface area contributed by atoms with E-state index >= 15 is 0 Å². The molecule has 0 saturated heterocycles. The van der Waals surface area contributed by atoms with Crippen LogP contribution in [-0.4, -0.2) is 33.2 Å². The van der Waals surface area contributed by atoms with Crippen molar-refractivity contribution in [2.24, 2.45) is 16.3 Å². The van der Waals surface area contributed by atoms with Gasteiger partial charge in [-0.2, -0.15) is 0 Å². The molecule has 0 aliphatic rings. The first-order valence-corrected chi connectivity index (χ1v) is 8.00. The third kappa shape index (κ3) is 4.36. The van der Waals surface area contributed by atoms with Crippen molar-refractivity contribution >= 4 is 40.7 Å². The van der Waals surface area contributed by atoms with Crippen LogP contribution in [0.5, 0.6) is 0 Å². The number of thioether (sulfide) groups is 2. The standard InChI is InChI=1S/C9H16N4OS3/c1-9(2,6(10)13-14)4-5-16-8-12-11-7(15-3)17-8/h14H,4-5H2,1-3H3,(H2,10,13). The number of nitrogens with zero attached hydrogens (tertiary/aromatic N) is 3. The highest BCUT2D eigenvalue weighted by atomic mass is 32.2. The van der Waals surface area contributed by atoms with Crippen LogP contribution in [-0.2, 0) is 0 Å². The lowest BCUT2D eigenvalue weighted by atomic mass is 9.89. The second-order valence-corrected chi connectivity index (χ2v) is 7.38. The van der Waals surface area contributed by atoms with E-state index in [1.54, 1.807) is 34.9 Å². The van der Waals surface area contributed by atoms with Gasteiger partial charge in [-0.3, -0.25) is 0 Å². The van der Waals surface area contributed by atoms with Crippen molar-refractivity contribution in [3.63, 3.8) is 0 Å². The van der Waals surface area contributed by atoms with Crippen LogP contribution in [0.3, 0.4) is 0 Å². The van der Waals surface area contributed by atoms with Crippen molar-refractivity contribution in [2.45, 2.75) is 28.9 Å². The van der Waals surface area contributed by atoms with Gasteiger partial charge in [-0.25, -0.2) is 0 Å². The van der Waals surface area contributed by atoms with E-state index in [0.717, 1.165) is 20.9 Å². The Balaban J connectivity index is 2.42. The normalized spacial score (nSPS) is 13.0. The summed E-state index contributed by atoms with van der Waals surface area (Å²) in [6.45, 7) is 3.91. The van der Waals surface area contributed by atoms with Gasteiger partial charge in [0.2, 0.25) is 0 Å². The molecular weight excluding hydrogens is 276 g/mol. The molecule has 1 rings (SSSR count). The lowest BCUT2D eigenvalue weighted by molar-refractivity contribution is 0.307. The van der Waals surface area contributed by atoms with Crippen LogP contribution in [0, 0.1) is 5.41 Å². The molecule has 0 fully saturated rings. The van der Waals surface area contributed by atoms with Crippen LogP contribution in [0.2, 0.25) is 0 Å². The molecule has 0 unspecified atom stereocenters. The molecule has 0 bridgehead atoms. The SMILES string of the molecule is CSc1nnc(SCCC(C)(C)C(N)=NO)s1. The molecule has 5 nitrogen and oxygen atoms in total. The first kappa shape index (κ1) is 14.6. The van der Waals surface area contributed by atoms with E-state index in [-0.39, 0.29) is 11.3 Å². The zero-order valence-corrected chi connectivity index (χ0v) is 12.5. The van der Waals surface area contributed by atoms with Gasteiger partial charge in [0.25, 0.3) is 0 Å². The molecule has 0 atom stereocenters. The van der Waals surface area contributed by atoms with E-state index < -0.39 is 0 Å². The number of nitrogens with two attached hydrogens (primary N) is 1. The number of amidine groups is 1. The minimum Gasteiger partial charge on any atom is -0.409 e. The molecule has 8 heteroatoms. The average molecular weight is 292 g/mol. The molecule has 1 aromatic heterocycles. The topological polar surface area (TPSA) is 84.4 Å². The van der Waals surface area contributed by atoms with Crippen LogP contribution >= 0.6 is 34.9 Å². The number of hydrogen-bond donors (Lipinski definition) is 2. The zero-order chi connectivity index (χ0) is 12.9. The summed E-state index contributed by atoms with van der Waals surface area (Å²) in [4.78, 5) is 0. The molecule has 1 heterocycles. The molecule has 0 spiro atoms. The maximum atomic E-state index is 8.66. The number of hydrogen-bond acceptors (Lipinski definition) is 7. The fourth-order valence-electron chi connectivity index (χ4n) is 0.995. The van der Waals surface area contributed by atoms with Gasteiger partial charge >= 0.3 is 0 Å². The Labute approximate surface area is 113 Å². The lowest BCUT2D eigenvalue weighted by Crippen LogP contribution is -2.32. The van der Waals surface area contributed by atoms with E-state index in [4.69, 9.17) is 10.9 Å². The summed E-state index contributed by atoms with van der Waals surface area (Å²) in [5.41, 5.74) is 5.32. The lowest BCUT2D eigenvalue weighted by Gasteiger charge is -2.21. The van der Waals surface area contributed by atoms with Gasteiger partial charge in [-0.05, 0) is 12.7 Å². The highest BCUT2D eigenvalue weighted by Gasteiger charge is 2.23. The smallest absolute Gasteiger partial charge is 0.175 e. The zero-order valence-electron chi connectivity index (χ0n) is 10.0. The van der Waals surface area contributed by atoms with Gasteiger partial charge in [-0.1, -0.05) is 53.9 Å². The van der Waals surface area contributed by atoms with Crippen molar-refractivity contribution in [2.75, 3.05) is 12.0 Å². The predicted molar refractivity (Wildman–Crippen MR) is 74.2 cm³/mol. The molecule has 0 aliphatic carbocycles. The summed E-state index contributed by atoms with van der Waals surface area (Å²) in [6.07, 6.45) is 2.80. The van der Waals surface area contributed by atoms with E-state index in [9.17, 15) is 0 Å². The van der Waals surface area contributed by atoms with E-state index in [1.165, 1.54) is 0 Å². The third-order valence-corrected chi connectivity index (χ3v) is 5.35. The maximum absolute atomic E-state index is 8.66. The van der Waals surface area contributed by atoms with Gasteiger partial charge in [-0.15, -0.1) is 10.2 Å². The van der Waals surface area contributed by atoms with Crippen molar-refractivity contribution in [3.8, 4) is 0 Å². The predicted octanol–water partition coefficient (Wildman–Crippen LogP) is 2.51. The first-order valence-electron chi connectivity index (χ1n) is 4.98.